The lowest BCUT2D eigenvalue weighted by atomic mass is 10.2. The quantitative estimate of drug-likeness (QED) is 0.915. The highest BCUT2D eigenvalue weighted by Crippen LogP contribution is 2.20. The summed E-state index contributed by atoms with van der Waals surface area (Å²) >= 11 is 0. The smallest absolute Gasteiger partial charge is 0.0647 e. The van der Waals surface area contributed by atoms with E-state index < -0.39 is 0 Å². The highest BCUT2D eigenvalue weighted by molar-refractivity contribution is 5.49. The maximum Gasteiger partial charge on any atom is 0.0647 e. The van der Waals surface area contributed by atoms with E-state index in [4.69, 9.17) is 0 Å². The van der Waals surface area contributed by atoms with Crippen LogP contribution in [-0.4, -0.2) is 40.4 Å². The van der Waals surface area contributed by atoms with E-state index in [0.29, 0.717) is 12.1 Å². The monoisotopic (exact) mass is 256 g/mol. The van der Waals surface area contributed by atoms with Gasteiger partial charge < -0.3 is 10.2 Å². The average molecular weight is 256 g/mol. The third-order valence-electron chi connectivity index (χ3n) is 3.89. The first-order valence-electron chi connectivity index (χ1n) is 6.79. The molecular formula is C15H20N4. The fourth-order valence-electron chi connectivity index (χ4n) is 2.67. The van der Waals surface area contributed by atoms with E-state index in [0.717, 1.165) is 12.2 Å². The fourth-order valence-corrected chi connectivity index (χ4v) is 2.67. The second kappa shape index (κ2) is 5.05. The third kappa shape index (κ3) is 2.63. The summed E-state index contributed by atoms with van der Waals surface area (Å²) < 4.78 is 1.87. The predicted molar refractivity (Wildman–Crippen MR) is 77.7 cm³/mol. The number of aromatic nitrogens is 2. The van der Waals surface area contributed by atoms with Crippen molar-refractivity contribution >= 4 is 5.69 Å². The summed E-state index contributed by atoms with van der Waals surface area (Å²) in [6.07, 6.45) is 4.95. The van der Waals surface area contributed by atoms with Crippen LogP contribution in [-0.2, 0) is 0 Å². The molecule has 0 amide bonds. The van der Waals surface area contributed by atoms with Crippen LogP contribution in [0.1, 0.15) is 13.3 Å². The zero-order chi connectivity index (χ0) is 13.2. The number of likely N-dealkylation sites (tertiary alicyclic amines) is 1. The Hall–Kier alpha value is -1.81. The van der Waals surface area contributed by atoms with Gasteiger partial charge in [0, 0.05) is 36.7 Å². The van der Waals surface area contributed by atoms with Crippen LogP contribution in [0.25, 0.3) is 5.69 Å². The van der Waals surface area contributed by atoms with Crippen molar-refractivity contribution in [2.45, 2.75) is 25.4 Å². The van der Waals surface area contributed by atoms with E-state index in [-0.39, 0.29) is 0 Å². The van der Waals surface area contributed by atoms with Crippen LogP contribution >= 0.6 is 0 Å². The molecule has 1 aliphatic rings. The summed E-state index contributed by atoms with van der Waals surface area (Å²) in [6, 6.07) is 11.6. The van der Waals surface area contributed by atoms with Crippen molar-refractivity contribution in [1.82, 2.24) is 14.7 Å². The Morgan fingerprint density at radius 3 is 2.63 bits per heavy atom. The van der Waals surface area contributed by atoms with Crippen molar-refractivity contribution in [3.8, 4) is 5.69 Å². The number of nitrogens with one attached hydrogen (secondary N) is 1. The number of nitrogens with zero attached hydrogens (tertiary/aromatic N) is 3. The van der Waals surface area contributed by atoms with Gasteiger partial charge in [0.2, 0.25) is 0 Å². The molecule has 1 aromatic carbocycles. The molecule has 0 saturated carbocycles. The van der Waals surface area contributed by atoms with Gasteiger partial charge in [-0.1, -0.05) is 0 Å². The molecule has 3 rings (SSSR count). The summed E-state index contributed by atoms with van der Waals surface area (Å²) in [5.41, 5.74) is 2.27. The number of rotatable bonds is 3. The van der Waals surface area contributed by atoms with Crippen molar-refractivity contribution in [1.29, 1.82) is 0 Å². The SMILES string of the molecule is CC1CC(Nc2ccc(-n3cccn3)cc2)CN1C. The topological polar surface area (TPSA) is 33.1 Å². The van der Waals surface area contributed by atoms with Crippen molar-refractivity contribution in [2.75, 3.05) is 18.9 Å². The van der Waals surface area contributed by atoms with Gasteiger partial charge in [0.25, 0.3) is 0 Å². The van der Waals surface area contributed by atoms with Gasteiger partial charge in [0.1, 0.15) is 0 Å². The molecular weight excluding hydrogens is 236 g/mol. The molecule has 1 fully saturated rings. The Morgan fingerprint density at radius 2 is 2.05 bits per heavy atom. The summed E-state index contributed by atoms with van der Waals surface area (Å²) in [5.74, 6) is 0. The Labute approximate surface area is 114 Å². The summed E-state index contributed by atoms with van der Waals surface area (Å²) in [5, 5.41) is 7.83. The number of likely N-dealkylation sites (N-methyl/N-ethyl adjacent to an activating group) is 1. The van der Waals surface area contributed by atoms with Crippen LogP contribution in [0.3, 0.4) is 0 Å². The van der Waals surface area contributed by atoms with E-state index in [2.05, 4.69) is 53.6 Å². The molecule has 100 valence electrons. The third-order valence-corrected chi connectivity index (χ3v) is 3.89. The van der Waals surface area contributed by atoms with Gasteiger partial charge >= 0.3 is 0 Å². The number of hydrogen-bond donors (Lipinski definition) is 1. The van der Waals surface area contributed by atoms with Crippen molar-refractivity contribution in [2.24, 2.45) is 0 Å². The molecule has 0 spiro atoms. The maximum atomic E-state index is 4.23. The predicted octanol–water partition coefficient (Wildman–Crippen LogP) is 2.38. The molecule has 0 aliphatic carbocycles. The van der Waals surface area contributed by atoms with Crippen LogP contribution in [0.2, 0.25) is 0 Å². The second-order valence-corrected chi connectivity index (χ2v) is 5.36. The molecule has 0 bridgehead atoms. The lowest BCUT2D eigenvalue weighted by molar-refractivity contribution is 0.330. The first-order valence-corrected chi connectivity index (χ1v) is 6.79. The molecule has 2 heterocycles. The highest BCUT2D eigenvalue weighted by Gasteiger charge is 2.25. The lowest BCUT2D eigenvalue weighted by Gasteiger charge is -2.14. The zero-order valence-corrected chi connectivity index (χ0v) is 11.5. The van der Waals surface area contributed by atoms with Crippen LogP contribution in [0.4, 0.5) is 5.69 Å². The Balaban J connectivity index is 1.67. The van der Waals surface area contributed by atoms with Crippen LogP contribution in [0.5, 0.6) is 0 Å². The molecule has 1 N–H and O–H groups in total. The van der Waals surface area contributed by atoms with Gasteiger partial charge in [-0.05, 0) is 50.7 Å². The maximum absolute atomic E-state index is 4.23. The van der Waals surface area contributed by atoms with Gasteiger partial charge in [-0.15, -0.1) is 0 Å². The van der Waals surface area contributed by atoms with E-state index in [9.17, 15) is 0 Å². The Morgan fingerprint density at radius 1 is 1.26 bits per heavy atom. The first kappa shape index (κ1) is 12.2. The molecule has 2 aromatic rings. The van der Waals surface area contributed by atoms with Crippen LogP contribution in [0, 0.1) is 0 Å². The van der Waals surface area contributed by atoms with Crippen LogP contribution < -0.4 is 5.32 Å². The number of anilines is 1. The molecule has 2 unspecified atom stereocenters. The zero-order valence-electron chi connectivity index (χ0n) is 11.5. The van der Waals surface area contributed by atoms with Crippen molar-refractivity contribution in [3.63, 3.8) is 0 Å². The minimum atomic E-state index is 0.551. The van der Waals surface area contributed by atoms with E-state index in [1.54, 1.807) is 6.20 Å². The Bertz CT molecular complexity index is 508. The molecule has 0 radical (unpaired) electrons. The normalized spacial score (nSPS) is 23.7. The molecule has 19 heavy (non-hydrogen) atoms. The van der Waals surface area contributed by atoms with E-state index >= 15 is 0 Å². The number of hydrogen-bond acceptors (Lipinski definition) is 3. The Kier molecular flexibility index (Phi) is 3.25. The summed E-state index contributed by atoms with van der Waals surface area (Å²) in [6.45, 7) is 3.39. The van der Waals surface area contributed by atoms with Crippen molar-refractivity contribution < 1.29 is 0 Å². The van der Waals surface area contributed by atoms with Gasteiger partial charge in [0.05, 0.1) is 5.69 Å². The van der Waals surface area contributed by atoms with Gasteiger partial charge in [-0.3, -0.25) is 0 Å². The molecule has 4 heteroatoms. The molecule has 4 nitrogen and oxygen atoms in total. The number of benzene rings is 1. The van der Waals surface area contributed by atoms with E-state index in [1.165, 1.54) is 12.1 Å². The average Bonchev–Trinajstić information content (AvgIpc) is 3.02. The molecule has 1 aromatic heterocycles. The minimum Gasteiger partial charge on any atom is -0.381 e. The van der Waals surface area contributed by atoms with E-state index in [1.807, 2.05) is 16.9 Å². The molecule has 1 saturated heterocycles. The highest BCUT2D eigenvalue weighted by atomic mass is 15.3. The van der Waals surface area contributed by atoms with Gasteiger partial charge in [-0.25, -0.2) is 4.68 Å². The summed E-state index contributed by atoms with van der Waals surface area (Å²) in [7, 11) is 2.19. The fraction of sp³-hybridized carbons (Fsp3) is 0.400. The van der Waals surface area contributed by atoms with Gasteiger partial charge in [-0.2, -0.15) is 5.10 Å². The summed E-state index contributed by atoms with van der Waals surface area (Å²) in [4.78, 5) is 2.40. The lowest BCUT2D eigenvalue weighted by Crippen LogP contribution is -2.24. The second-order valence-electron chi connectivity index (χ2n) is 5.36. The van der Waals surface area contributed by atoms with Gasteiger partial charge in [0.15, 0.2) is 0 Å². The minimum absolute atomic E-state index is 0.551. The standard InChI is InChI=1S/C15H20N4/c1-12-10-14(11-18(12)2)17-13-4-6-15(7-5-13)19-9-3-8-16-19/h3-9,12,14,17H,10-11H2,1-2H3. The molecule has 1 aliphatic heterocycles. The largest absolute Gasteiger partial charge is 0.381 e. The molecule has 2 atom stereocenters. The van der Waals surface area contributed by atoms with Crippen LogP contribution in [0.15, 0.2) is 42.7 Å². The van der Waals surface area contributed by atoms with Crippen molar-refractivity contribution in [3.05, 3.63) is 42.7 Å². The first-order chi connectivity index (χ1) is 9.22.